The summed E-state index contributed by atoms with van der Waals surface area (Å²) in [6, 6.07) is 7.77. The second-order valence-corrected chi connectivity index (χ2v) is 8.80. The molecule has 1 fully saturated rings. The van der Waals surface area contributed by atoms with Gasteiger partial charge >= 0.3 is 0 Å². The van der Waals surface area contributed by atoms with Crippen molar-refractivity contribution in [3.05, 3.63) is 29.6 Å². The number of thiazole rings is 1. The zero-order chi connectivity index (χ0) is 17.6. The van der Waals surface area contributed by atoms with Crippen LogP contribution < -0.4 is 10.1 Å². The van der Waals surface area contributed by atoms with Gasteiger partial charge in [-0.3, -0.25) is 4.79 Å². The number of hydrogen-bond acceptors (Lipinski definition) is 5. The molecule has 4 nitrogen and oxygen atoms in total. The van der Waals surface area contributed by atoms with Gasteiger partial charge in [0, 0.05) is 16.2 Å². The molecular weight excluding hydrogens is 352 g/mol. The first kappa shape index (κ1) is 18.3. The highest BCUT2D eigenvalue weighted by Gasteiger charge is 2.22. The molecule has 1 aliphatic carbocycles. The summed E-state index contributed by atoms with van der Waals surface area (Å²) in [4.78, 5) is 17.0. The van der Waals surface area contributed by atoms with Gasteiger partial charge in [-0.1, -0.05) is 19.3 Å². The summed E-state index contributed by atoms with van der Waals surface area (Å²) in [6.45, 7) is 1.99. The van der Waals surface area contributed by atoms with Crippen LogP contribution in [0.5, 0.6) is 5.75 Å². The number of hydrogen-bond donors (Lipinski definition) is 1. The number of amides is 1. The predicted molar refractivity (Wildman–Crippen MR) is 107 cm³/mol. The topological polar surface area (TPSA) is 51.2 Å². The largest absolute Gasteiger partial charge is 0.497 e. The highest BCUT2D eigenvalue weighted by Crippen LogP contribution is 2.32. The Kier molecular flexibility index (Phi) is 6.37. The molecule has 6 heteroatoms. The Hall–Kier alpha value is -1.53. The third-order valence-electron chi connectivity index (χ3n) is 4.44. The van der Waals surface area contributed by atoms with Gasteiger partial charge in [0.05, 0.1) is 18.1 Å². The maximum absolute atomic E-state index is 12.4. The fourth-order valence-corrected chi connectivity index (χ4v) is 5.07. The molecule has 1 unspecified atom stereocenters. The zero-order valence-electron chi connectivity index (χ0n) is 14.7. The summed E-state index contributed by atoms with van der Waals surface area (Å²) < 4.78 is 5.17. The SMILES string of the molecule is COc1ccc(-c2csc(NC(=O)C(C)SC3CCCCC3)n2)cc1. The molecule has 1 aromatic carbocycles. The highest BCUT2D eigenvalue weighted by atomic mass is 32.2. The molecule has 3 rings (SSSR count). The van der Waals surface area contributed by atoms with E-state index in [1.165, 1.54) is 43.4 Å². The average molecular weight is 377 g/mol. The van der Waals surface area contributed by atoms with Crippen LogP contribution in [0, 0.1) is 0 Å². The van der Waals surface area contributed by atoms with Crippen LogP contribution in [-0.4, -0.2) is 28.5 Å². The lowest BCUT2D eigenvalue weighted by atomic mass is 10.0. The molecule has 0 aliphatic heterocycles. The van der Waals surface area contributed by atoms with Crippen LogP contribution in [0.3, 0.4) is 0 Å². The van der Waals surface area contributed by atoms with Crippen LogP contribution in [-0.2, 0) is 4.79 Å². The van der Waals surface area contributed by atoms with Crippen molar-refractivity contribution < 1.29 is 9.53 Å². The number of nitrogens with one attached hydrogen (secondary N) is 1. The monoisotopic (exact) mass is 376 g/mol. The molecule has 0 radical (unpaired) electrons. The molecule has 1 amide bonds. The molecular formula is C19H24N2O2S2. The molecule has 2 aromatic rings. The van der Waals surface area contributed by atoms with Gasteiger partial charge in [-0.25, -0.2) is 4.98 Å². The Morgan fingerprint density at radius 1 is 1.28 bits per heavy atom. The maximum atomic E-state index is 12.4. The van der Waals surface area contributed by atoms with Crippen LogP contribution in [0.4, 0.5) is 5.13 Å². The van der Waals surface area contributed by atoms with Crippen molar-refractivity contribution in [2.24, 2.45) is 0 Å². The summed E-state index contributed by atoms with van der Waals surface area (Å²) in [7, 11) is 1.65. The maximum Gasteiger partial charge on any atom is 0.238 e. The standard InChI is InChI=1S/C19H24N2O2S2/c1-13(25-16-6-4-3-5-7-16)18(22)21-19-20-17(12-24-19)14-8-10-15(23-2)11-9-14/h8-13,16H,3-7H2,1-2H3,(H,20,21,22). The van der Waals surface area contributed by atoms with Crippen LogP contribution in [0.15, 0.2) is 29.6 Å². The van der Waals surface area contributed by atoms with Gasteiger partial charge < -0.3 is 10.1 Å². The number of ether oxygens (including phenoxy) is 1. The van der Waals surface area contributed by atoms with Gasteiger partial charge in [0.15, 0.2) is 5.13 Å². The van der Waals surface area contributed by atoms with Crippen LogP contribution >= 0.6 is 23.1 Å². The normalized spacial score (nSPS) is 16.4. The average Bonchev–Trinajstić information content (AvgIpc) is 3.11. The molecule has 134 valence electrons. The lowest BCUT2D eigenvalue weighted by Crippen LogP contribution is -2.25. The van der Waals surface area contributed by atoms with Crippen LogP contribution in [0.25, 0.3) is 11.3 Å². The first-order valence-electron chi connectivity index (χ1n) is 8.72. The summed E-state index contributed by atoms with van der Waals surface area (Å²) in [6.07, 6.45) is 6.40. The number of benzene rings is 1. The lowest BCUT2D eigenvalue weighted by Gasteiger charge is -2.23. The van der Waals surface area contributed by atoms with E-state index in [1.54, 1.807) is 18.9 Å². The van der Waals surface area contributed by atoms with Crippen molar-refractivity contribution in [3.63, 3.8) is 0 Å². The van der Waals surface area contributed by atoms with E-state index in [1.807, 2.05) is 36.6 Å². The minimum atomic E-state index is -0.0450. The summed E-state index contributed by atoms with van der Waals surface area (Å²) >= 11 is 3.27. The number of aromatic nitrogens is 1. The number of methoxy groups -OCH3 is 1. The molecule has 1 N–H and O–H groups in total. The van der Waals surface area contributed by atoms with Crippen molar-refractivity contribution in [2.75, 3.05) is 12.4 Å². The van der Waals surface area contributed by atoms with Gasteiger partial charge in [-0.2, -0.15) is 0 Å². The van der Waals surface area contributed by atoms with Crippen LogP contribution in [0.2, 0.25) is 0 Å². The van der Waals surface area contributed by atoms with Crippen LogP contribution in [0.1, 0.15) is 39.0 Å². The van der Waals surface area contributed by atoms with Gasteiger partial charge in [0.1, 0.15) is 5.75 Å². The Labute approximate surface area is 157 Å². The Balaban J connectivity index is 1.57. The van der Waals surface area contributed by atoms with Gasteiger partial charge in [0.25, 0.3) is 0 Å². The Morgan fingerprint density at radius 3 is 2.68 bits per heavy atom. The van der Waals surface area contributed by atoms with E-state index < -0.39 is 0 Å². The number of nitrogens with zero attached hydrogens (tertiary/aromatic N) is 1. The predicted octanol–water partition coefficient (Wildman–Crippen LogP) is 5.21. The molecule has 25 heavy (non-hydrogen) atoms. The molecule has 1 aromatic heterocycles. The quantitative estimate of drug-likeness (QED) is 0.752. The van der Waals surface area contributed by atoms with Crippen molar-refractivity contribution in [2.45, 2.75) is 49.5 Å². The second kappa shape index (κ2) is 8.72. The molecule has 1 aliphatic rings. The molecule has 1 saturated carbocycles. The smallest absolute Gasteiger partial charge is 0.238 e. The number of carbonyl (C=O) groups excluding carboxylic acids is 1. The first-order chi connectivity index (χ1) is 12.2. The van der Waals surface area contributed by atoms with Gasteiger partial charge in [-0.05, 0) is 44.0 Å². The molecule has 1 atom stereocenters. The molecule has 1 heterocycles. The van der Waals surface area contributed by atoms with Crippen molar-refractivity contribution in [1.29, 1.82) is 0 Å². The fraction of sp³-hybridized carbons (Fsp3) is 0.474. The van der Waals surface area contributed by atoms with E-state index in [0.717, 1.165) is 17.0 Å². The van der Waals surface area contributed by atoms with E-state index in [9.17, 15) is 4.79 Å². The van der Waals surface area contributed by atoms with Crippen molar-refractivity contribution in [1.82, 2.24) is 4.98 Å². The number of anilines is 1. The van der Waals surface area contributed by atoms with Gasteiger partial charge in [0.2, 0.25) is 5.91 Å². The molecule has 0 spiro atoms. The van der Waals surface area contributed by atoms with E-state index in [0.29, 0.717) is 10.4 Å². The Morgan fingerprint density at radius 2 is 2.00 bits per heavy atom. The van der Waals surface area contributed by atoms with E-state index >= 15 is 0 Å². The Bertz CT molecular complexity index is 694. The third-order valence-corrected chi connectivity index (χ3v) is 6.67. The van der Waals surface area contributed by atoms with E-state index in [4.69, 9.17) is 4.74 Å². The van der Waals surface area contributed by atoms with Crippen molar-refractivity contribution >= 4 is 34.1 Å². The zero-order valence-corrected chi connectivity index (χ0v) is 16.3. The van der Waals surface area contributed by atoms with Gasteiger partial charge in [-0.15, -0.1) is 23.1 Å². The summed E-state index contributed by atoms with van der Waals surface area (Å²) in [5.41, 5.74) is 1.89. The summed E-state index contributed by atoms with van der Waals surface area (Å²) in [5.74, 6) is 0.868. The van der Waals surface area contributed by atoms with E-state index in [-0.39, 0.29) is 11.2 Å². The third kappa shape index (κ3) is 4.98. The first-order valence-corrected chi connectivity index (χ1v) is 10.5. The lowest BCUT2D eigenvalue weighted by molar-refractivity contribution is -0.115. The van der Waals surface area contributed by atoms with Crippen molar-refractivity contribution in [3.8, 4) is 17.0 Å². The number of rotatable bonds is 6. The minimum Gasteiger partial charge on any atom is -0.497 e. The number of thioether (sulfide) groups is 1. The molecule has 0 saturated heterocycles. The highest BCUT2D eigenvalue weighted by molar-refractivity contribution is 8.01. The summed E-state index contributed by atoms with van der Waals surface area (Å²) in [5, 5.41) is 6.18. The number of carbonyl (C=O) groups is 1. The minimum absolute atomic E-state index is 0.0450. The van der Waals surface area contributed by atoms with E-state index in [2.05, 4.69) is 10.3 Å². The molecule has 0 bridgehead atoms. The second-order valence-electron chi connectivity index (χ2n) is 6.29. The fourth-order valence-electron chi connectivity index (χ4n) is 2.98.